The number of hydrogen-bond acceptors (Lipinski definition) is 3. The van der Waals surface area contributed by atoms with Gasteiger partial charge in [0.25, 0.3) is 5.56 Å². The molecule has 1 heterocycles. The summed E-state index contributed by atoms with van der Waals surface area (Å²) in [6, 6.07) is 28.4. The molecule has 5 nitrogen and oxygen atoms in total. The largest absolute Gasteiger partial charge is 0.494 e. The lowest BCUT2D eigenvalue weighted by atomic mass is 9.86. The number of ether oxygens (including phenoxy) is 1. The molecular weight excluding hydrogens is 469 g/mol. The van der Waals surface area contributed by atoms with Crippen molar-refractivity contribution in [1.82, 2.24) is 4.57 Å². The molecule has 37 heavy (non-hydrogen) atoms. The second-order valence-electron chi connectivity index (χ2n) is 8.95. The Hall–Kier alpha value is -4.19. The standard InChI is InChI=1S/C31H30FNO4/c32-28-17-16-27(37-20-8-14-30(35)36)21-25(28)13-7-19-33-22-26(15-18-29(33)34)31(23-9-3-1-4-10-23)24-11-5-2-6-12-24/h1-6,9-12,15-18,21-22,31H,7-8,13-14,19-20H2,(H,35,36). The van der Waals surface area contributed by atoms with Crippen molar-refractivity contribution < 1.29 is 19.0 Å². The molecule has 190 valence electrons. The van der Waals surface area contributed by atoms with Gasteiger partial charge >= 0.3 is 5.97 Å². The Kier molecular flexibility index (Phi) is 8.87. The van der Waals surface area contributed by atoms with Crippen LogP contribution in [0.25, 0.3) is 0 Å². The Bertz CT molecular complexity index is 1330. The number of hydrogen-bond donors (Lipinski definition) is 1. The lowest BCUT2D eigenvalue weighted by Crippen LogP contribution is -2.20. The van der Waals surface area contributed by atoms with Crippen LogP contribution in [-0.2, 0) is 17.8 Å². The van der Waals surface area contributed by atoms with Crippen LogP contribution in [0, 0.1) is 5.82 Å². The van der Waals surface area contributed by atoms with Gasteiger partial charge in [-0.05, 0) is 59.7 Å². The van der Waals surface area contributed by atoms with Gasteiger partial charge in [0.05, 0.1) is 6.61 Å². The predicted octanol–water partition coefficient (Wildman–Crippen LogP) is 6.04. The van der Waals surface area contributed by atoms with E-state index in [1.807, 2.05) is 48.7 Å². The second kappa shape index (κ2) is 12.7. The number of nitrogens with zero attached hydrogens (tertiary/aromatic N) is 1. The number of carbonyl (C=O) groups is 1. The van der Waals surface area contributed by atoms with E-state index in [1.165, 1.54) is 6.07 Å². The highest BCUT2D eigenvalue weighted by molar-refractivity contribution is 5.66. The minimum absolute atomic E-state index is 0.0124. The molecule has 1 aromatic heterocycles. The molecule has 0 saturated carbocycles. The maximum Gasteiger partial charge on any atom is 0.303 e. The summed E-state index contributed by atoms with van der Waals surface area (Å²) in [5.41, 5.74) is 3.70. The molecule has 0 aliphatic rings. The normalized spacial score (nSPS) is 11.0. The first-order chi connectivity index (χ1) is 18.0. The average Bonchev–Trinajstić information content (AvgIpc) is 2.91. The minimum Gasteiger partial charge on any atom is -0.494 e. The van der Waals surface area contributed by atoms with E-state index >= 15 is 0 Å². The quantitative estimate of drug-likeness (QED) is 0.241. The van der Waals surface area contributed by atoms with Crippen molar-refractivity contribution in [3.63, 3.8) is 0 Å². The fourth-order valence-electron chi connectivity index (χ4n) is 4.45. The molecule has 0 amide bonds. The third kappa shape index (κ3) is 7.17. The van der Waals surface area contributed by atoms with Gasteiger partial charge in [-0.1, -0.05) is 66.7 Å². The number of aryl methyl sites for hydroxylation is 2. The topological polar surface area (TPSA) is 68.5 Å². The summed E-state index contributed by atoms with van der Waals surface area (Å²) in [4.78, 5) is 23.3. The maximum absolute atomic E-state index is 14.4. The van der Waals surface area contributed by atoms with E-state index in [0.717, 1.165) is 16.7 Å². The minimum atomic E-state index is -0.874. The van der Waals surface area contributed by atoms with Crippen LogP contribution in [0.3, 0.4) is 0 Å². The van der Waals surface area contributed by atoms with Gasteiger partial charge in [0.15, 0.2) is 0 Å². The van der Waals surface area contributed by atoms with E-state index in [2.05, 4.69) is 24.3 Å². The van der Waals surface area contributed by atoms with Gasteiger partial charge < -0.3 is 14.4 Å². The third-order valence-corrected chi connectivity index (χ3v) is 6.27. The number of halogens is 1. The van der Waals surface area contributed by atoms with Crippen LogP contribution in [0.15, 0.2) is 102 Å². The second-order valence-corrected chi connectivity index (χ2v) is 8.95. The van der Waals surface area contributed by atoms with Gasteiger partial charge in [0.2, 0.25) is 0 Å². The van der Waals surface area contributed by atoms with Crippen molar-refractivity contribution in [2.45, 2.75) is 38.1 Å². The number of benzene rings is 3. The van der Waals surface area contributed by atoms with Crippen LogP contribution in [-0.4, -0.2) is 22.2 Å². The van der Waals surface area contributed by atoms with Crippen LogP contribution in [0.2, 0.25) is 0 Å². The lowest BCUT2D eigenvalue weighted by Gasteiger charge is -2.20. The molecule has 0 unspecified atom stereocenters. The van der Waals surface area contributed by atoms with Gasteiger partial charge in [-0.2, -0.15) is 0 Å². The van der Waals surface area contributed by atoms with Crippen molar-refractivity contribution in [1.29, 1.82) is 0 Å². The number of carboxylic acid groups (broad SMARTS) is 1. The summed E-state index contributed by atoms with van der Waals surface area (Å²) in [7, 11) is 0. The first kappa shape index (κ1) is 25.9. The summed E-state index contributed by atoms with van der Waals surface area (Å²) in [6.07, 6.45) is 3.33. The summed E-state index contributed by atoms with van der Waals surface area (Å²) in [5, 5.41) is 8.74. The van der Waals surface area contributed by atoms with Gasteiger partial charge in [-0.25, -0.2) is 4.39 Å². The first-order valence-corrected chi connectivity index (χ1v) is 12.4. The van der Waals surface area contributed by atoms with E-state index in [9.17, 15) is 14.0 Å². The Morgan fingerprint density at radius 2 is 1.54 bits per heavy atom. The van der Waals surface area contributed by atoms with Crippen molar-refractivity contribution in [3.05, 3.63) is 136 Å². The highest BCUT2D eigenvalue weighted by Crippen LogP contribution is 2.31. The van der Waals surface area contributed by atoms with E-state index < -0.39 is 5.97 Å². The fraction of sp³-hybridized carbons (Fsp3) is 0.226. The molecule has 0 aliphatic heterocycles. The summed E-state index contributed by atoms with van der Waals surface area (Å²) in [5.74, 6) is -0.704. The molecule has 4 rings (SSSR count). The zero-order valence-corrected chi connectivity index (χ0v) is 20.6. The first-order valence-electron chi connectivity index (χ1n) is 12.4. The predicted molar refractivity (Wildman–Crippen MR) is 142 cm³/mol. The Balaban J connectivity index is 1.47. The number of carboxylic acids is 1. The van der Waals surface area contributed by atoms with Crippen LogP contribution in [0.1, 0.15) is 47.4 Å². The van der Waals surface area contributed by atoms with Crippen molar-refractivity contribution in [2.75, 3.05) is 6.61 Å². The Labute approximate surface area is 215 Å². The number of rotatable bonds is 12. The van der Waals surface area contributed by atoms with Gasteiger partial charge in [0.1, 0.15) is 11.6 Å². The molecule has 3 aromatic carbocycles. The number of aromatic nitrogens is 1. The fourth-order valence-corrected chi connectivity index (χ4v) is 4.45. The molecule has 6 heteroatoms. The Morgan fingerprint density at radius 1 is 0.865 bits per heavy atom. The van der Waals surface area contributed by atoms with E-state index in [0.29, 0.717) is 37.1 Å². The van der Waals surface area contributed by atoms with Gasteiger partial charge in [-0.3, -0.25) is 9.59 Å². The van der Waals surface area contributed by atoms with Crippen molar-refractivity contribution in [3.8, 4) is 5.75 Å². The maximum atomic E-state index is 14.4. The molecule has 1 N–H and O–H groups in total. The molecule has 0 radical (unpaired) electrons. The van der Waals surface area contributed by atoms with Crippen LogP contribution in [0.4, 0.5) is 4.39 Å². The zero-order chi connectivity index (χ0) is 26.0. The third-order valence-electron chi connectivity index (χ3n) is 6.27. The van der Waals surface area contributed by atoms with Crippen molar-refractivity contribution in [2.24, 2.45) is 0 Å². The molecule has 0 spiro atoms. The molecule has 0 bridgehead atoms. The highest BCUT2D eigenvalue weighted by Gasteiger charge is 2.17. The molecule has 0 saturated heterocycles. The number of aliphatic carboxylic acids is 1. The summed E-state index contributed by atoms with van der Waals surface area (Å²) < 4.78 is 21.7. The molecule has 0 fully saturated rings. The Morgan fingerprint density at radius 3 is 2.19 bits per heavy atom. The van der Waals surface area contributed by atoms with Crippen LogP contribution >= 0.6 is 0 Å². The van der Waals surface area contributed by atoms with Crippen LogP contribution in [0.5, 0.6) is 5.75 Å². The summed E-state index contributed by atoms with van der Waals surface area (Å²) >= 11 is 0. The van der Waals surface area contributed by atoms with E-state index in [1.54, 1.807) is 22.8 Å². The van der Waals surface area contributed by atoms with Gasteiger partial charge in [-0.15, -0.1) is 0 Å². The number of pyridine rings is 1. The van der Waals surface area contributed by atoms with Crippen molar-refractivity contribution >= 4 is 5.97 Å². The van der Waals surface area contributed by atoms with E-state index in [-0.39, 0.29) is 30.3 Å². The molecule has 0 aliphatic carbocycles. The molecule has 0 atom stereocenters. The highest BCUT2D eigenvalue weighted by atomic mass is 19.1. The SMILES string of the molecule is O=C(O)CCCOc1ccc(F)c(CCCn2cc(C(c3ccccc3)c3ccccc3)ccc2=O)c1. The lowest BCUT2D eigenvalue weighted by molar-refractivity contribution is -0.137. The monoisotopic (exact) mass is 499 g/mol. The molecular formula is C31H30FNO4. The van der Waals surface area contributed by atoms with Gasteiger partial charge in [0, 0.05) is 31.1 Å². The average molecular weight is 500 g/mol. The zero-order valence-electron chi connectivity index (χ0n) is 20.6. The van der Waals surface area contributed by atoms with E-state index in [4.69, 9.17) is 9.84 Å². The van der Waals surface area contributed by atoms with Crippen LogP contribution < -0.4 is 10.3 Å². The molecule has 4 aromatic rings. The smallest absolute Gasteiger partial charge is 0.303 e. The summed E-state index contributed by atoms with van der Waals surface area (Å²) in [6.45, 7) is 0.704.